The molecule has 1 N–H and O–H groups in total. The van der Waals surface area contributed by atoms with E-state index in [0.29, 0.717) is 5.56 Å². The minimum atomic E-state index is -0.749. The van der Waals surface area contributed by atoms with Crippen molar-refractivity contribution in [1.29, 1.82) is 0 Å². The Balaban J connectivity index is 2.34. The van der Waals surface area contributed by atoms with Gasteiger partial charge in [-0.2, -0.15) is 0 Å². The van der Waals surface area contributed by atoms with Crippen molar-refractivity contribution in [2.24, 2.45) is 0 Å². The van der Waals surface area contributed by atoms with Gasteiger partial charge in [0.2, 0.25) is 0 Å². The summed E-state index contributed by atoms with van der Waals surface area (Å²) in [6.07, 6.45) is 0. The van der Waals surface area contributed by atoms with E-state index in [-0.39, 0.29) is 18.0 Å². The normalized spacial score (nSPS) is 10.5. The SMILES string of the molecule is CNCc1c(F)cccc1Oc1cc(F)cc(F)c1. The molecule has 0 fully saturated rings. The molecule has 0 amide bonds. The van der Waals surface area contributed by atoms with E-state index in [2.05, 4.69) is 5.32 Å². The highest BCUT2D eigenvalue weighted by Crippen LogP contribution is 2.28. The molecule has 0 saturated carbocycles. The lowest BCUT2D eigenvalue weighted by Crippen LogP contribution is -2.08. The molecule has 0 aliphatic carbocycles. The van der Waals surface area contributed by atoms with Gasteiger partial charge >= 0.3 is 0 Å². The quantitative estimate of drug-likeness (QED) is 0.913. The van der Waals surface area contributed by atoms with Crippen molar-refractivity contribution >= 4 is 0 Å². The van der Waals surface area contributed by atoms with Crippen LogP contribution in [0.4, 0.5) is 13.2 Å². The summed E-state index contributed by atoms with van der Waals surface area (Å²) in [4.78, 5) is 0. The van der Waals surface area contributed by atoms with Gasteiger partial charge in [-0.1, -0.05) is 6.07 Å². The van der Waals surface area contributed by atoms with Crippen molar-refractivity contribution in [3.63, 3.8) is 0 Å². The van der Waals surface area contributed by atoms with Gasteiger partial charge in [0.1, 0.15) is 29.0 Å². The summed E-state index contributed by atoms with van der Waals surface area (Å²) in [6, 6.07) is 7.13. The zero-order valence-corrected chi connectivity index (χ0v) is 10.2. The highest BCUT2D eigenvalue weighted by Gasteiger charge is 2.10. The Morgan fingerprint density at radius 2 is 1.74 bits per heavy atom. The monoisotopic (exact) mass is 267 g/mol. The third kappa shape index (κ3) is 3.26. The second-order valence-electron chi connectivity index (χ2n) is 3.95. The number of rotatable bonds is 4. The molecule has 0 saturated heterocycles. The minimum absolute atomic E-state index is 0.0135. The van der Waals surface area contributed by atoms with Crippen molar-refractivity contribution < 1.29 is 17.9 Å². The van der Waals surface area contributed by atoms with Crippen LogP contribution in [0.25, 0.3) is 0 Å². The molecule has 100 valence electrons. The Hall–Kier alpha value is -2.01. The third-order valence-corrected chi connectivity index (χ3v) is 2.49. The van der Waals surface area contributed by atoms with Gasteiger partial charge in [0, 0.05) is 30.3 Å². The van der Waals surface area contributed by atoms with Crippen LogP contribution >= 0.6 is 0 Å². The average Bonchev–Trinajstić information content (AvgIpc) is 2.32. The minimum Gasteiger partial charge on any atom is -0.457 e. The zero-order chi connectivity index (χ0) is 13.8. The number of nitrogens with one attached hydrogen (secondary N) is 1. The van der Waals surface area contributed by atoms with E-state index in [9.17, 15) is 13.2 Å². The van der Waals surface area contributed by atoms with E-state index in [1.165, 1.54) is 12.1 Å². The molecule has 0 spiro atoms. The standard InChI is InChI=1S/C14H12F3NO/c1-18-8-12-13(17)3-2-4-14(12)19-11-6-9(15)5-10(16)7-11/h2-7,18H,8H2,1H3. The first kappa shape index (κ1) is 13.4. The fourth-order valence-corrected chi connectivity index (χ4v) is 1.70. The van der Waals surface area contributed by atoms with Crippen LogP contribution in [0.2, 0.25) is 0 Å². The first-order chi connectivity index (χ1) is 9.10. The van der Waals surface area contributed by atoms with Crippen molar-refractivity contribution in [2.45, 2.75) is 6.54 Å². The van der Waals surface area contributed by atoms with Gasteiger partial charge < -0.3 is 10.1 Å². The average molecular weight is 267 g/mol. The van der Waals surface area contributed by atoms with Gasteiger partial charge in [-0.05, 0) is 19.2 Å². The van der Waals surface area contributed by atoms with Crippen LogP contribution in [-0.4, -0.2) is 7.05 Å². The first-order valence-electron chi connectivity index (χ1n) is 5.66. The molecule has 2 aromatic carbocycles. The second-order valence-corrected chi connectivity index (χ2v) is 3.95. The molecule has 0 aromatic heterocycles. The number of halogens is 3. The molecule has 2 nitrogen and oxygen atoms in total. The predicted molar refractivity (Wildman–Crippen MR) is 65.6 cm³/mol. The van der Waals surface area contributed by atoms with Gasteiger partial charge in [-0.3, -0.25) is 0 Å². The summed E-state index contributed by atoms with van der Waals surface area (Å²) in [6.45, 7) is 0.250. The zero-order valence-electron chi connectivity index (χ0n) is 10.2. The summed E-state index contributed by atoms with van der Waals surface area (Å²) < 4.78 is 45.1. The van der Waals surface area contributed by atoms with E-state index in [1.807, 2.05) is 0 Å². The molecule has 5 heteroatoms. The van der Waals surface area contributed by atoms with Crippen LogP contribution in [0.3, 0.4) is 0 Å². The van der Waals surface area contributed by atoms with Crippen LogP contribution in [0.15, 0.2) is 36.4 Å². The summed E-state index contributed by atoms with van der Waals surface area (Å²) in [5.74, 6) is -1.73. The second kappa shape index (κ2) is 5.75. The van der Waals surface area contributed by atoms with E-state index < -0.39 is 17.5 Å². The number of ether oxygens (including phenoxy) is 1. The summed E-state index contributed by atoms with van der Waals surface area (Å²) >= 11 is 0. The molecule has 0 aliphatic rings. The Morgan fingerprint density at radius 1 is 1.05 bits per heavy atom. The molecule has 2 aromatic rings. The van der Waals surface area contributed by atoms with Crippen LogP contribution in [0, 0.1) is 17.5 Å². The maximum absolute atomic E-state index is 13.6. The maximum atomic E-state index is 13.6. The van der Waals surface area contributed by atoms with Crippen molar-refractivity contribution in [3.05, 3.63) is 59.4 Å². The summed E-state index contributed by atoms with van der Waals surface area (Å²) in [5, 5.41) is 2.81. The molecule has 0 bridgehead atoms. The molecule has 0 unspecified atom stereocenters. The Labute approximate surface area is 108 Å². The maximum Gasteiger partial charge on any atom is 0.134 e. The third-order valence-electron chi connectivity index (χ3n) is 2.49. The van der Waals surface area contributed by atoms with E-state index >= 15 is 0 Å². The first-order valence-corrected chi connectivity index (χ1v) is 5.66. The lowest BCUT2D eigenvalue weighted by Gasteiger charge is -2.12. The smallest absolute Gasteiger partial charge is 0.134 e. The van der Waals surface area contributed by atoms with Gasteiger partial charge in [0.25, 0.3) is 0 Å². The Bertz CT molecular complexity index is 567. The highest BCUT2D eigenvalue weighted by molar-refractivity contribution is 5.39. The van der Waals surface area contributed by atoms with Crippen LogP contribution in [-0.2, 0) is 6.54 Å². The van der Waals surface area contributed by atoms with Crippen molar-refractivity contribution in [3.8, 4) is 11.5 Å². The molecule has 2 rings (SSSR count). The molecule has 19 heavy (non-hydrogen) atoms. The van der Waals surface area contributed by atoms with E-state index in [1.54, 1.807) is 13.1 Å². The van der Waals surface area contributed by atoms with Crippen molar-refractivity contribution in [1.82, 2.24) is 5.32 Å². The summed E-state index contributed by atoms with van der Waals surface area (Å²) in [7, 11) is 1.66. The molecule has 0 heterocycles. The molecular formula is C14H12F3NO. The topological polar surface area (TPSA) is 21.3 Å². The van der Waals surface area contributed by atoms with Crippen molar-refractivity contribution in [2.75, 3.05) is 7.05 Å². The number of benzene rings is 2. The molecule has 0 radical (unpaired) electrons. The van der Waals surface area contributed by atoms with E-state index in [4.69, 9.17) is 4.74 Å². The van der Waals surface area contributed by atoms with Gasteiger partial charge in [-0.15, -0.1) is 0 Å². The van der Waals surface area contributed by atoms with Gasteiger partial charge in [0.15, 0.2) is 0 Å². The van der Waals surface area contributed by atoms with Gasteiger partial charge in [0.05, 0.1) is 0 Å². The fourth-order valence-electron chi connectivity index (χ4n) is 1.70. The summed E-state index contributed by atoms with van der Waals surface area (Å²) in [5.41, 5.74) is 0.301. The Kier molecular flexibility index (Phi) is 4.06. The molecule has 0 aliphatic heterocycles. The van der Waals surface area contributed by atoms with Crippen LogP contribution in [0.5, 0.6) is 11.5 Å². The molecular weight excluding hydrogens is 255 g/mol. The van der Waals surface area contributed by atoms with Gasteiger partial charge in [-0.25, -0.2) is 13.2 Å². The highest BCUT2D eigenvalue weighted by atomic mass is 19.1. The number of hydrogen-bond donors (Lipinski definition) is 1. The fraction of sp³-hybridized carbons (Fsp3) is 0.143. The largest absolute Gasteiger partial charge is 0.457 e. The lowest BCUT2D eigenvalue weighted by atomic mass is 10.2. The molecule has 0 atom stereocenters. The van der Waals surface area contributed by atoms with Crippen LogP contribution in [0.1, 0.15) is 5.56 Å². The van der Waals surface area contributed by atoms with Crippen LogP contribution < -0.4 is 10.1 Å². The number of hydrogen-bond acceptors (Lipinski definition) is 2. The predicted octanol–water partition coefficient (Wildman–Crippen LogP) is 3.62. The lowest BCUT2D eigenvalue weighted by molar-refractivity contribution is 0.453. The van der Waals surface area contributed by atoms with E-state index in [0.717, 1.165) is 18.2 Å². The Morgan fingerprint density at radius 3 is 2.37 bits per heavy atom.